The highest BCUT2D eigenvalue weighted by atomic mass is 16.5. The SMILES string of the molecule is CC/C=C/C=C/C=C\C=C/C=C/CCCC(CC(=O)NC(CO)C(O)CCCCCCCCCCCCCCCCCC)OC(=O)CCC/C=C\C/C=C\C/C=C\C/C=C\CCCCC. The van der Waals surface area contributed by atoms with Crippen LogP contribution in [-0.2, 0) is 14.3 Å². The fourth-order valence-electron chi connectivity index (χ4n) is 7.45. The molecule has 6 nitrogen and oxygen atoms in total. The summed E-state index contributed by atoms with van der Waals surface area (Å²) >= 11 is 0. The van der Waals surface area contributed by atoms with Crippen molar-refractivity contribution in [2.24, 2.45) is 0 Å². The lowest BCUT2D eigenvalue weighted by Gasteiger charge is -2.24. The third-order valence-corrected chi connectivity index (χ3v) is 11.5. The molecule has 0 aliphatic carbocycles. The van der Waals surface area contributed by atoms with Crippen LogP contribution in [0.2, 0.25) is 0 Å². The molecule has 0 aromatic carbocycles. The van der Waals surface area contributed by atoms with Crippen molar-refractivity contribution in [1.29, 1.82) is 0 Å². The predicted octanol–water partition coefficient (Wildman–Crippen LogP) is 16.3. The Morgan fingerprint density at radius 2 is 0.908 bits per heavy atom. The number of unbranched alkanes of at least 4 members (excludes halogenated alkanes) is 20. The lowest BCUT2D eigenvalue weighted by atomic mass is 10.0. The number of ether oxygens (including phenoxy) is 1. The average Bonchev–Trinajstić information content (AvgIpc) is 3.30. The number of nitrogens with one attached hydrogen (secondary N) is 1. The van der Waals surface area contributed by atoms with Gasteiger partial charge in [0.2, 0.25) is 5.91 Å². The van der Waals surface area contributed by atoms with Crippen LogP contribution in [0.5, 0.6) is 0 Å². The Kier molecular flexibility index (Phi) is 48.7. The number of carbonyl (C=O) groups is 2. The lowest BCUT2D eigenvalue weighted by Crippen LogP contribution is -2.46. The molecule has 1 amide bonds. The lowest BCUT2D eigenvalue weighted by molar-refractivity contribution is -0.151. The molecule has 0 aromatic heterocycles. The van der Waals surface area contributed by atoms with E-state index in [1.165, 1.54) is 109 Å². The van der Waals surface area contributed by atoms with Crippen LogP contribution in [0.3, 0.4) is 0 Å². The van der Waals surface area contributed by atoms with E-state index < -0.39 is 18.2 Å². The Bertz CT molecular complexity index is 1330. The fraction of sp³-hybridized carbons (Fsp3) is 0.661. The molecule has 0 bridgehead atoms. The second-order valence-electron chi connectivity index (χ2n) is 17.7. The molecule has 0 spiro atoms. The fourth-order valence-corrected chi connectivity index (χ4v) is 7.45. The summed E-state index contributed by atoms with van der Waals surface area (Å²) in [5.41, 5.74) is 0. The van der Waals surface area contributed by atoms with E-state index in [2.05, 4.69) is 86.8 Å². The number of aliphatic hydroxyl groups excluding tert-OH is 2. The van der Waals surface area contributed by atoms with E-state index in [4.69, 9.17) is 4.74 Å². The van der Waals surface area contributed by atoms with Gasteiger partial charge in [-0.3, -0.25) is 9.59 Å². The van der Waals surface area contributed by atoms with Crippen LogP contribution < -0.4 is 5.32 Å². The first kappa shape index (κ1) is 61.5. The molecule has 370 valence electrons. The van der Waals surface area contributed by atoms with E-state index in [0.717, 1.165) is 64.2 Å². The Hall–Kier alpha value is -3.48. The summed E-state index contributed by atoms with van der Waals surface area (Å²) in [5.74, 6) is -0.621. The highest BCUT2D eigenvalue weighted by Gasteiger charge is 2.24. The molecule has 0 aromatic rings. The van der Waals surface area contributed by atoms with Crippen LogP contribution >= 0.6 is 0 Å². The van der Waals surface area contributed by atoms with Gasteiger partial charge in [-0.1, -0.05) is 246 Å². The second-order valence-corrected chi connectivity index (χ2v) is 17.7. The molecule has 0 fully saturated rings. The zero-order chi connectivity index (χ0) is 47.4. The van der Waals surface area contributed by atoms with Gasteiger partial charge < -0.3 is 20.3 Å². The number of hydrogen-bond donors (Lipinski definition) is 3. The van der Waals surface area contributed by atoms with E-state index in [1.54, 1.807) is 0 Å². The van der Waals surface area contributed by atoms with Gasteiger partial charge in [-0.05, 0) is 77.0 Å². The van der Waals surface area contributed by atoms with Crippen molar-refractivity contribution in [1.82, 2.24) is 5.32 Å². The number of carbonyl (C=O) groups excluding carboxylic acids is 2. The topological polar surface area (TPSA) is 95.9 Å². The summed E-state index contributed by atoms with van der Waals surface area (Å²) in [7, 11) is 0. The first-order valence-electron chi connectivity index (χ1n) is 26.7. The van der Waals surface area contributed by atoms with Crippen molar-refractivity contribution < 1.29 is 24.5 Å². The van der Waals surface area contributed by atoms with Crippen molar-refractivity contribution in [2.45, 2.75) is 244 Å². The minimum atomic E-state index is -0.823. The summed E-state index contributed by atoms with van der Waals surface area (Å²) < 4.78 is 5.87. The number of rotatable bonds is 46. The maximum atomic E-state index is 13.2. The largest absolute Gasteiger partial charge is 0.462 e. The van der Waals surface area contributed by atoms with Gasteiger partial charge in [-0.25, -0.2) is 0 Å². The Morgan fingerprint density at radius 1 is 0.477 bits per heavy atom. The highest BCUT2D eigenvalue weighted by molar-refractivity contribution is 5.77. The molecule has 3 N–H and O–H groups in total. The minimum absolute atomic E-state index is 0.000551. The van der Waals surface area contributed by atoms with Crippen LogP contribution in [0.15, 0.2) is 109 Å². The number of allylic oxidation sites excluding steroid dienone is 18. The molecule has 0 radical (unpaired) electrons. The zero-order valence-corrected chi connectivity index (χ0v) is 42.1. The van der Waals surface area contributed by atoms with Crippen LogP contribution in [-0.4, -0.2) is 46.9 Å². The average molecular weight is 902 g/mol. The molecule has 0 aliphatic heterocycles. The standard InChI is InChI=1S/C59H99NO5/c1-4-7-10-13-16-19-22-25-27-29-31-34-37-40-43-46-49-52-59(64)65-55(50-47-44-41-38-35-32-24-21-18-15-12-9-6-3)53-58(63)60-56(54-61)57(62)51-48-45-42-39-36-33-30-28-26-23-20-17-14-11-8-5-2/h9,12,15-16,18-19,21,24-25,27,31-32,34-35,38,40-41,43,55-57,61-62H,4-8,10-11,13-14,17,20,22-23,26,28-30,33,36-37,39,42,44-54H2,1-3H3,(H,60,63)/b12-9+,18-15+,19-16-,24-21-,27-25-,34-31-,35-32-,41-38+,43-40-. The molecule has 3 unspecified atom stereocenters. The summed E-state index contributed by atoms with van der Waals surface area (Å²) in [5, 5.41) is 23.8. The molecule has 3 atom stereocenters. The first-order chi connectivity index (χ1) is 32.0. The molecule has 65 heavy (non-hydrogen) atoms. The van der Waals surface area contributed by atoms with Gasteiger partial charge in [-0.2, -0.15) is 0 Å². The van der Waals surface area contributed by atoms with Gasteiger partial charge in [0.15, 0.2) is 0 Å². The van der Waals surface area contributed by atoms with Crippen molar-refractivity contribution >= 4 is 11.9 Å². The molecule has 0 saturated carbocycles. The molecule has 0 aliphatic rings. The van der Waals surface area contributed by atoms with E-state index in [-0.39, 0.29) is 31.3 Å². The molecule has 0 heterocycles. The van der Waals surface area contributed by atoms with Gasteiger partial charge in [0, 0.05) is 6.42 Å². The van der Waals surface area contributed by atoms with E-state index in [0.29, 0.717) is 19.3 Å². The van der Waals surface area contributed by atoms with E-state index >= 15 is 0 Å². The van der Waals surface area contributed by atoms with Gasteiger partial charge in [0.05, 0.1) is 25.2 Å². The smallest absolute Gasteiger partial charge is 0.306 e. The van der Waals surface area contributed by atoms with E-state index in [9.17, 15) is 19.8 Å². The Morgan fingerprint density at radius 3 is 1.42 bits per heavy atom. The van der Waals surface area contributed by atoms with Crippen LogP contribution in [0.25, 0.3) is 0 Å². The maximum Gasteiger partial charge on any atom is 0.306 e. The summed E-state index contributed by atoms with van der Waals surface area (Å²) in [6.45, 7) is 6.28. The second kappa shape index (κ2) is 51.5. The monoisotopic (exact) mass is 902 g/mol. The third-order valence-electron chi connectivity index (χ3n) is 11.5. The van der Waals surface area contributed by atoms with Gasteiger partial charge in [0.1, 0.15) is 6.10 Å². The first-order valence-corrected chi connectivity index (χ1v) is 26.7. The summed E-state index contributed by atoms with van der Waals surface area (Å²) in [4.78, 5) is 26.1. The summed E-state index contributed by atoms with van der Waals surface area (Å²) in [6, 6.07) is -0.743. The number of esters is 1. The Balaban J connectivity index is 4.73. The third kappa shape index (κ3) is 46.8. The Labute approximate surface area is 400 Å². The van der Waals surface area contributed by atoms with Crippen molar-refractivity contribution in [3.63, 3.8) is 0 Å². The highest BCUT2D eigenvalue weighted by Crippen LogP contribution is 2.17. The normalized spacial score (nSPS) is 14.1. The van der Waals surface area contributed by atoms with Gasteiger partial charge in [0.25, 0.3) is 0 Å². The minimum Gasteiger partial charge on any atom is -0.462 e. The number of hydrogen-bond acceptors (Lipinski definition) is 5. The number of amides is 1. The van der Waals surface area contributed by atoms with Crippen LogP contribution in [0.1, 0.15) is 226 Å². The van der Waals surface area contributed by atoms with Crippen LogP contribution in [0.4, 0.5) is 0 Å². The molecular formula is C59H99NO5. The number of aliphatic hydroxyl groups is 2. The van der Waals surface area contributed by atoms with Crippen molar-refractivity contribution in [2.75, 3.05) is 6.61 Å². The quantitative estimate of drug-likeness (QED) is 0.0245. The predicted molar refractivity (Wildman–Crippen MR) is 282 cm³/mol. The van der Waals surface area contributed by atoms with Gasteiger partial charge in [-0.15, -0.1) is 0 Å². The van der Waals surface area contributed by atoms with Crippen molar-refractivity contribution in [3.05, 3.63) is 109 Å². The maximum absolute atomic E-state index is 13.2. The van der Waals surface area contributed by atoms with E-state index in [1.807, 2.05) is 48.6 Å². The molecule has 0 rings (SSSR count). The summed E-state index contributed by atoms with van der Waals surface area (Å²) in [6.07, 6.45) is 70.1. The molecule has 6 heteroatoms. The molecule has 0 saturated heterocycles. The zero-order valence-electron chi connectivity index (χ0n) is 42.1. The van der Waals surface area contributed by atoms with Crippen LogP contribution in [0, 0.1) is 0 Å². The molecular weight excluding hydrogens is 803 g/mol. The van der Waals surface area contributed by atoms with Gasteiger partial charge >= 0.3 is 5.97 Å². The van der Waals surface area contributed by atoms with Crippen molar-refractivity contribution in [3.8, 4) is 0 Å².